The van der Waals surface area contributed by atoms with E-state index in [1.165, 1.54) is 11.1 Å². The summed E-state index contributed by atoms with van der Waals surface area (Å²) in [5, 5.41) is 0. The molecule has 0 aromatic heterocycles. The first-order valence-corrected chi connectivity index (χ1v) is 12.7. The summed E-state index contributed by atoms with van der Waals surface area (Å²) in [7, 11) is -3.48. The quantitative estimate of drug-likeness (QED) is 0.642. The van der Waals surface area contributed by atoms with Crippen molar-refractivity contribution in [3.05, 3.63) is 29.3 Å². The molecule has 1 saturated heterocycles. The number of aryl methyl sites for hydroxylation is 2. The second kappa shape index (κ2) is 9.61. The molecule has 1 aliphatic carbocycles. The van der Waals surface area contributed by atoms with Gasteiger partial charge in [-0.2, -0.15) is 4.31 Å². The van der Waals surface area contributed by atoms with Crippen molar-refractivity contribution in [2.75, 3.05) is 26.2 Å². The third-order valence-corrected chi connectivity index (χ3v) is 8.73. The zero-order chi connectivity index (χ0) is 21.0. The van der Waals surface area contributed by atoms with E-state index >= 15 is 0 Å². The Kier molecular flexibility index (Phi) is 7.38. The predicted octanol–water partition coefficient (Wildman–Crippen LogP) is 3.86. The van der Waals surface area contributed by atoms with Gasteiger partial charge in [-0.25, -0.2) is 8.42 Å². The van der Waals surface area contributed by atoms with E-state index in [-0.39, 0.29) is 11.8 Å². The normalized spacial score (nSPS) is 18.2. The maximum atomic E-state index is 13.1. The molecule has 29 heavy (non-hydrogen) atoms. The van der Waals surface area contributed by atoms with Gasteiger partial charge < -0.3 is 4.90 Å². The highest BCUT2D eigenvalue weighted by Crippen LogP contribution is 2.29. The summed E-state index contributed by atoms with van der Waals surface area (Å²) in [5.74, 6) is 0.684. The SMILES string of the molecule is CCC(CC)CN(CC)C(=O)C1CCN(S(=O)(=O)c2ccc3c(c2)CCC3)CC1. The lowest BCUT2D eigenvalue weighted by Crippen LogP contribution is -2.45. The van der Waals surface area contributed by atoms with Crippen molar-refractivity contribution in [2.45, 2.75) is 70.6 Å². The van der Waals surface area contributed by atoms with E-state index in [0.717, 1.165) is 45.2 Å². The number of benzene rings is 1. The second-order valence-corrected chi connectivity index (χ2v) is 10.5. The van der Waals surface area contributed by atoms with Crippen LogP contribution in [0, 0.1) is 11.8 Å². The van der Waals surface area contributed by atoms with Crippen molar-refractivity contribution in [3.63, 3.8) is 0 Å². The van der Waals surface area contributed by atoms with Crippen molar-refractivity contribution >= 4 is 15.9 Å². The average molecular weight is 421 g/mol. The van der Waals surface area contributed by atoms with Crippen molar-refractivity contribution < 1.29 is 13.2 Å². The molecule has 1 fully saturated rings. The van der Waals surface area contributed by atoms with Crippen molar-refractivity contribution in [1.82, 2.24) is 9.21 Å². The van der Waals surface area contributed by atoms with Crippen LogP contribution in [0.2, 0.25) is 0 Å². The Morgan fingerprint density at radius 2 is 1.76 bits per heavy atom. The molecule has 1 amide bonds. The number of carbonyl (C=O) groups is 1. The minimum absolute atomic E-state index is 0.0595. The first-order chi connectivity index (χ1) is 13.9. The summed E-state index contributed by atoms with van der Waals surface area (Å²) in [6.45, 7) is 8.78. The Bertz CT molecular complexity index is 809. The standard InChI is InChI=1S/C23H36N2O3S/c1-4-18(5-2)17-24(6-3)23(26)20-12-14-25(15-13-20)29(27,28)22-11-10-19-8-7-9-21(19)16-22/h10-11,16,18,20H,4-9,12-15,17H2,1-3H3. The molecule has 0 atom stereocenters. The number of nitrogens with zero attached hydrogens (tertiary/aromatic N) is 2. The molecule has 1 aromatic carbocycles. The Balaban J connectivity index is 1.62. The molecule has 6 heteroatoms. The highest BCUT2D eigenvalue weighted by molar-refractivity contribution is 7.89. The number of piperidine rings is 1. The minimum atomic E-state index is -3.48. The molecule has 162 valence electrons. The molecule has 1 heterocycles. The van der Waals surface area contributed by atoms with Gasteiger partial charge in [0, 0.05) is 32.1 Å². The molecule has 1 aromatic rings. The second-order valence-electron chi connectivity index (χ2n) is 8.52. The van der Waals surface area contributed by atoms with Crippen LogP contribution in [0.5, 0.6) is 0 Å². The van der Waals surface area contributed by atoms with Crippen LogP contribution in [0.25, 0.3) is 0 Å². The van der Waals surface area contributed by atoms with Crippen molar-refractivity contribution in [1.29, 1.82) is 0 Å². The Morgan fingerprint density at radius 3 is 2.38 bits per heavy atom. The Hall–Kier alpha value is -1.40. The fourth-order valence-electron chi connectivity index (χ4n) is 4.69. The Morgan fingerprint density at radius 1 is 1.10 bits per heavy atom. The molecule has 0 bridgehead atoms. The van der Waals surface area contributed by atoms with Crippen LogP contribution in [-0.4, -0.2) is 49.7 Å². The summed E-state index contributed by atoms with van der Waals surface area (Å²) in [4.78, 5) is 15.4. The molecule has 2 aliphatic rings. The summed E-state index contributed by atoms with van der Waals surface area (Å²) in [6, 6.07) is 5.59. The van der Waals surface area contributed by atoms with Gasteiger partial charge in [0.05, 0.1) is 4.90 Å². The van der Waals surface area contributed by atoms with Gasteiger partial charge >= 0.3 is 0 Å². The van der Waals surface area contributed by atoms with E-state index in [0.29, 0.717) is 36.7 Å². The van der Waals surface area contributed by atoms with E-state index in [1.807, 2.05) is 24.0 Å². The minimum Gasteiger partial charge on any atom is -0.342 e. The monoisotopic (exact) mass is 420 g/mol. The van der Waals surface area contributed by atoms with Crippen molar-refractivity contribution in [3.8, 4) is 0 Å². The van der Waals surface area contributed by atoms with Crippen LogP contribution in [0.1, 0.15) is 64.0 Å². The van der Waals surface area contributed by atoms with E-state index in [9.17, 15) is 13.2 Å². The smallest absolute Gasteiger partial charge is 0.243 e. The van der Waals surface area contributed by atoms with E-state index in [1.54, 1.807) is 10.4 Å². The molecule has 3 rings (SSSR count). The van der Waals surface area contributed by atoms with Gasteiger partial charge in [-0.1, -0.05) is 32.8 Å². The molecular weight excluding hydrogens is 384 g/mol. The first kappa shape index (κ1) is 22.3. The fraction of sp³-hybridized carbons (Fsp3) is 0.696. The topological polar surface area (TPSA) is 57.7 Å². The molecular formula is C23H36N2O3S. The van der Waals surface area contributed by atoms with Gasteiger partial charge in [0.15, 0.2) is 0 Å². The number of rotatable bonds is 8. The zero-order valence-electron chi connectivity index (χ0n) is 18.2. The first-order valence-electron chi connectivity index (χ1n) is 11.3. The molecule has 0 N–H and O–H groups in total. The predicted molar refractivity (Wildman–Crippen MR) is 116 cm³/mol. The van der Waals surface area contributed by atoms with Crippen LogP contribution in [0.4, 0.5) is 0 Å². The van der Waals surface area contributed by atoms with Crippen LogP contribution >= 0.6 is 0 Å². The number of sulfonamides is 1. The number of fused-ring (bicyclic) bond motifs is 1. The lowest BCUT2D eigenvalue weighted by molar-refractivity contribution is -0.137. The maximum Gasteiger partial charge on any atom is 0.243 e. The van der Waals surface area contributed by atoms with Crippen LogP contribution in [-0.2, 0) is 27.7 Å². The number of hydrogen-bond donors (Lipinski definition) is 0. The summed E-state index contributed by atoms with van der Waals surface area (Å²) in [5.41, 5.74) is 2.46. The third-order valence-electron chi connectivity index (χ3n) is 6.84. The van der Waals surface area contributed by atoms with E-state index < -0.39 is 10.0 Å². The van der Waals surface area contributed by atoms with Crippen LogP contribution < -0.4 is 0 Å². The fourth-order valence-corrected chi connectivity index (χ4v) is 6.21. The van der Waals surface area contributed by atoms with Gasteiger partial charge in [-0.15, -0.1) is 0 Å². The third kappa shape index (κ3) is 4.85. The summed E-state index contributed by atoms with van der Waals surface area (Å²) >= 11 is 0. The zero-order valence-corrected chi connectivity index (χ0v) is 19.0. The lowest BCUT2D eigenvalue weighted by atomic mass is 9.95. The largest absolute Gasteiger partial charge is 0.342 e. The van der Waals surface area contributed by atoms with Crippen molar-refractivity contribution in [2.24, 2.45) is 11.8 Å². The molecule has 0 spiro atoms. The number of carbonyl (C=O) groups excluding carboxylic acids is 1. The summed E-state index contributed by atoms with van der Waals surface area (Å²) < 4.78 is 27.8. The molecule has 5 nitrogen and oxygen atoms in total. The molecule has 0 unspecified atom stereocenters. The van der Waals surface area contributed by atoms with Crippen LogP contribution in [0.3, 0.4) is 0 Å². The van der Waals surface area contributed by atoms with Gasteiger partial charge in [-0.3, -0.25) is 4.79 Å². The highest BCUT2D eigenvalue weighted by atomic mass is 32.2. The molecule has 0 radical (unpaired) electrons. The van der Waals surface area contributed by atoms with Gasteiger partial charge in [0.25, 0.3) is 0 Å². The number of amides is 1. The lowest BCUT2D eigenvalue weighted by Gasteiger charge is -2.34. The summed E-state index contributed by atoms with van der Waals surface area (Å²) in [6.07, 6.45) is 6.52. The van der Waals surface area contributed by atoms with E-state index in [2.05, 4.69) is 13.8 Å². The van der Waals surface area contributed by atoms with Gasteiger partial charge in [0.2, 0.25) is 15.9 Å². The maximum absolute atomic E-state index is 13.1. The van der Waals surface area contributed by atoms with Gasteiger partial charge in [0.1, 0.15) is 0 Å². The molecule has 0 saturated carbocycles. The average Bonchev–Trinajstić information content (AvgIpc) is 3.22. The Labute approximate surface area is 176 Å². The van der Waals surface area contributed by atoms with Gasteiger partial charge in [-0.05, 0) is 68.2 Å². The highest BCUT2D eigenvalue weighted by Gasteiger charge is 2.34. The number of hydrogen-bond acceptors (Lipinski definition) is 3. The van der Waals surface area contributed by atoms with Crippen LogP contribution in [0.15, 0.2) is 23.1 Å². The van der Waals surface area contributed by atoms with E-state index in [4.69, 9.17) is 0 Å². The molecule has 1 aliphatic heterocycles.